The molecular formula is C15H18N2OS. The first kappa shape index (κ1) is 12.6. The molecule has 1 aliphatic heterocycles. The van der Waals surface area contributed by atoms with Crippen LogP contribution in [-0.2, 0) is 10.2 Å². The molecule has 0 bridgehead atoms. The second-order valence-electron chi connectivity index (χ2n) is 5.51. The number of likely N-dealkylation sites (tertiary alicyclic amines) is 1. The number of nitrogens with two attached hydrogens (primary N) is 1. The molecule has 1 aromatic carbocycles. The van der Waals surface area contributed by atoms with Crippen molar-refractivity contribution in [2.45, 2.75) is 37.1 Å². The third kappa shape index (κ3) is 2.04. The molecule has 0 radical (unpaired) electrons. The lowest BCUT2D eigenvalue weighted by Gasteiger charge is -2.28. The molecule has 1 unspecified atom stereocenters. The van der Waals surface area contributed by atoms with Gasteiger partial charge in [-0.1, -0.05) is 42.5 Å². The molecular weight excluding hydrogens is 256 g/mol. The van der Waals surface area contributed by atoms with Gasteiger partial charge >= 0.3 is 0 Å². The zero-order valence-electron chi connectivity index (χ0n) is 10.8. The van der Waals surface area contributed by atoms with Crippen LogP contribution >= 0.6 is 12.2 Å². The normalized spacial score (nSPS) is 24.2. The minimum atomic E-state index is -0.297. The summed E-state index contributed by atoms with van der Waals surface area (Å²) < 4.78 is 0. The van der Waals surface area contributed by atoms with E-state index in [4.69, 9.17) is 18.0 Å². The number of benzene rings is 1. The van der Waals surface area contributed by atoms with E-state index in [-0.39, 0.29) is 17.4 Å². The van der Waals surface area contributed by atoms with Gasteiger partial charge in [0.15, 0.2) is 0 Å². The van der Waals surface area contributed by atoms with Crippen molar-refractivity contribution in [1.82, 2.24) is 4.90 Å². The van der Waals surface area contributed by atoms with Gasteiger partial charge in [0.2, 0.25) is 5.91 Å². The van der Waals surface area contributed by atoms with Gasteiger partial charge in [-0.25, -0.2) is 0 Å². The Hall–Kier alpha value is -1.42. The fourth-order valence-electron chi connectivity index (χ4n) is 3.09. The van der Waals surface area contributed by atoms with Crippen LogP contribution in [0.15, 0.2) is 30.3 Å². The predicted molar refractivity (Wildman–Crippen MR) is 78.9 cm³/mol. The van der Waals surface area contributed by atoms with Crippen LogP contribution in [0.25, 0.3) is 0 Å². The van der Waals surface area contributed by atoms with Crippen LogP contribution in [0, 0.1) is 0 Å². The lowest BCUT2D eigenvalue weighted by molar-refractivity contribution is -0.133. The van der Waals surface area contributed by atoms with E-state index in [1.165, 1.54) is 0 Å². The Bertz CT molecular complexity index is 510. The second kappa shape index (κ2) is 4.60. The Balaban J connectivity index is 1.86. The highest BCUT2D eigenvalue weighted by Gasteiger charge is 2.54. The van der Waals surface area contributed by atoms with Crippen LogP contribution in [-0.4, -0.2) is 28.4 Å². The van der Waals surface area contributed by atoms with Gasteiger partial charge in [0.05, 0.1) is 16.4 Å². The van der Waals surface area contributed by atoms with E-state index in [9.17, 15) is 4.79 Å². The quantitative estimate of drug-likeness (QED) is 0.858. The summed E-state index contributed by atoms with van der Waals surface area (Å²) in [6.45, 7) is 0.787. The molecule has 0 aromatic heterocycles. The first-order chi connectivity index (χ1) is 9.15. The van der Waals surface area contributed by atoms with E-state index < -0.39 is 0 Å². The molecule has 1 atom stereocenters. The Labute approximate surface area is 118 Å². The first-order valence-corrected chi connectivity index (χ1v) is 7.22. The molecule has 2 N–H and O–H groups in total. The van der Waals surface area contributed by atoms with Gasteiger partial charge in [0, 0.05) is 6.54 Å². The van der Waals surface area contributed by atoms with Crippen LogP contribution in [0.2, 0.25) is 0 Å². The number of hydrogen-bond acceptors (Lipinski definition) is 2. The average Bonchev–Trinajstić information content (AvgIpc) is 3.08. The Morgan fingerprint density at radius 1 is 1.32 bits per heavy atom. The molecule has 1 saturated heterocycles. The van der Waals surface area contributed by atoms with Crippen LogP contribution in [0.1, 0.15) is 31.2 Å². The van der Waals surface area contributed by atoms with Crippen molar-refractivity contribution in [2.24, 2.45) is 5.73 Å². The van der Waals surface area contributed by atoms with Crippen molar-refractivity contribution >= 4 is 23.1 Å². The van der Waals surface area contributed by atoms with Gasteiger partial charge in [0.25, 0.3) is 0 Å². The Morgan fingerprint density at radius 3 is 2.58 bits per heavy atom. The second-order valence-corrected chi connectivity index (χ2v) is 5.98. The van der Waals surface area contributed by atoms with E-state index >= 15 is 0 Å². The van der Waals surface area contributed by atoms with Gasteiger partial charge < -0.3 is 10.6 Å². The molecule has 2 aliphatic rings. The van der Waals surface area contributed by atoms with Gasteiger partial charge in [-0.3, -0.25) is 4.79 Å². The molecule has 100 valence electrons. The van der Waals surface area contributed by atoms with Gasteiger partial charge in [-0.05, 0) is 31.2 Å². The zero-order chi connectivity index (χ0) is 13.5. The lowest BCUT2D eigenvalue weighted by atomic mass is 9.94. The van der Waals surface area contributed by atoms with Gasteiger partial charge in [-0.15, -0.1) is 0 Å². The van der Waals surface area contributed by atoms with E-state index in [1.807, 2.05) is 23.1 Å². The molecule has 1 saturated carbocycles. The van der Waals surface area contributed by atoms with Gasteiger partial charge in [0.1, 0.15) is 0 Å². The zero-order valence-corrected chi connectivity index (χ0v) is 11.7. The summed E-state index contributed by atoms with van der Waals surface area (Å²) in [6.07, 6.45) is 3.79. The molecule has 2 fully saturated rings. The number of nitrogens with zero attached hydrogens (tertiary/aromatic N) is 1. The molecule has 19 heavy (non-hydrogen) atoms. The SMILES string of the molecule is NC(=S)C1CCCN1C(=O)C1(c2ccccc2)CC1. The summed E-state index contributed by atoms with van der Waals surface area (Å²) in [5.74, 6) is 0.217. The molecule has 1 aliphatic carbocycles. The molecule has 3 nitrogen and oxygen atoms in total. The highest BCUT2D eigenvalue weighted by molar-refractivity contribution is 7.80. The topological polar surface area (TPSA) is 46.3 Å². The third-order valence-electron chi connectivity index (χ3n) is 4.33. The maximum absolute atomic E-state index is 12.9. The summed E-state index contributed by atoms with van der Waals surface area (Å²) >= 11 is 5.10. The van der Waals surface area contributed by atoms with Crippen molar-refractivity contribution in [1.29, 1.82) is 0 Å². The number of thiocarbonyl (C=S) groups is 1. The largest absolute Gasteiger partial charge is 0.392 e. The molecule has 1 aromatic rings. The fraction of sp³-hybridized carbons (Fsp3) is 0.467. The van der Waals surface area contributed by atoms with E-state index in [0.717, 1.165) is 37.8 Å². The van der Waals surface area contributed by atoms with E-state index in [0.29, 0.717) is 4.99 Å². The number of amides is 1. The minimum Gasteiger partial charge on any atom is -0.392 e. The fourth-order valence-corrected chi connectivity index (χ4v) is 3.33. The lowest BCUT2D eigenvalue weighted by Crippen LogP contribution is -2.47. The van der Waals surface area contributed by atoms with E-state index in [1.54, 1.807) is 0 Å². The Kier molecular flexibility index (Phi) is 3.05. The van der Waals surface area contributed by atoms with Crippen LogP contribution < -0.4 is 5.73 Å². The van der Waals surface area contributed by atoms with Crippen molar-refractivity contribution < 1.29 is 4.79 Å². The van der Waals surface area contributed by atoms with Crippen molar-refractivity contribution in [3.05, 3.63) is 35.9 Å². The minimum absolute atomic E-state index is 0.0383. The molecule has 1 amide bonds. The monoisotopic (exact) mass is 274 g/mol. The van der Waals surface area contributed by atoms with E-state index in [2.05, 4.69) is 12.1 Å². The Morgan fingerprint density at radius 2 is 2.00 bits per heavy atom. The summed E-state index contributed by atoms with van der Waals surface area (Å²) in [7, 11) is 0. The number of carbonyl (C=O) groups excluding carboxylic acids is 1. The predicted octanol–water partition coefficient (Wildman–Crippen LogP) is 2.00. The summed E-state index contributed by atoms with van der Waals surface area (Å²) in [6, 6.07) is 10.0. The summed E-state index contributed by atoms with van der Waals surface area (Å²) in [5, 5.41) is 0. The first-order valence-electron chi connectivity index (χ1n) is 6.81. The maximum Gasteiger partial charge on any atom is 0.233 e. The highest BCUT2D eigenvalue weighted by atomic mass is 32.1. The number of hydrogen-bond donors (Lipinski definition) is 1. The van der Waals surface area contributed by atoms with Crippen LogP contribution in [0.3, 0.4) is 0 Å². The number of carbonyl (C=O) groups is 1. The third-order valence-corrected chi connectivity index (χ3v) is 4.60. The maximum atomic E-state index is 12.9. The highest BCUT2D eigenvalue weighted by Crippen LogP contribution is 2.50. The van der Waals surface area contributed by atoms with Crippen molar-refractivity contribution in [2.75, 3.05) is 6.54 Å². The van der Waals surface area contributed by atoms with Crippen LogP contribution in [0.4, 0.5) is 0 Å². The number of rotatable bonds is 3. The van der Waals surface area contributed by atoms with Crippen LogP contribution in [0.5, 0.6) is 0 Å². The summed E-state index contributed by atoms with van der Waals surface area (Å²) in [4.78, 5) is 15.2. The standard InChI is InChI=1S/C15H18N2OS/c16-13(19)12-7-4-10-17(12)14(18)15(8-9-15)11-5-2-1-3-6-11/h1-3,5-6,12H,4,7-10H2,(H2,16,19). The smallest absolute Gasteiger partial charge is 0.233 e. The molecule has 1 heterocycles. The van der Waals surface area contributed by atoms with Crippen molar-refractivity contribution in [3.8, 4) is 0 Å². The summed E-state index contributed by atoms with van der Waals surface area (Å²) in [5.41, 5.74) is 6.60. The average molecular weight is 274 g/mol. The van der Waals surface area contributed by atoms with Crippen molar-refractivity contribution in [3.63, 3.8) is 0 Å². The molecule has 3 rings (SSSR count). The molecule has 4 heteroatoms. The van der Waals surface area contributed by atoms with Gasteiger partial charge in [-0.2, -0.15) is 0 Å². The molecule has 0 spiro atoms.